The van der Waals surface area contributed by atoms with Gasteiger partial charge in [-0.1, -0.05) is 0 Å². The van der Waals surface area contributed by atoms with Gasteiger partial charge >= 0.3 is 16.3 Å². The number of methoxy groups -OCH3 is 1. The maximum Gasteiger partial charge on any atom is 0.382 e. The summed E-state index contributed by atoms with van der Waals surface area (Å²) in [5, 5.41) is 4.53. The normalized spacial score (nSPS) is 10.8. The van der Waals surface area contributed by atoms with Gasteiger partial charge in [0.15, 0.2) is 0 Å². The first-order chi connectivity index (χ1) is 6.94. The fourth-order valence-corrected chi connectivity index (χ4v) is 1.16. The molecule has 1 aromatic rings. The van der Waals surface area contributed by atoms with Crippen LogP contribution in [0.15, 0.2) is 18.3 Å². The second-order valence-electron chi connectivity index (χ2n) is 2.42. The Morgan fingerprint density at radius 2 is 2.20 bits per heavy atom. The van der Waals surface area contributed by atoms with Gasteiger partial charge in [-0.2, -0.15) is 13.6 Å². The summed E-state index contributed by atoms with van der Waals surface area (Å²) >= 11 is 0. The lowest BCUT2D eigenvalue weighted by Crippen LogP contribution is -2.21. The highest BCUT2D eigenvalue weighted by atomic mass is 32.2. The van der Waals surface area contributed by atoms with Crippen molar-refractivity contribution in [1.82, 2.24) is 4.98 Å². The van der Waals surface area contributed by atoms with Gasteiger partial charge in [0.2, 0.25) is 5.88 Å². The fourth-order valence-electron chi connectivity index (χ4n) is 0.859. The van der Waals surface area contributed by atoms with E-state index in [1.165, 1.54) is 25.4 Å². The predicted molar refractivity (Wildman–Crippen MR) is 49.3 cm³/mol. The zero-order chi connectivity index (χ0) is 11.5. The molecule has 2 N–H and O–H groups in total. The van der Waals surface area contributed by atoms with Crippen molar-refractivity contribution in [3.05, 3.63) is 23.9 Å². The van der Waals surface area contributed by atoms with Gasteiger partial charge in [-0.25, -0.2) is 9.78 Å². The second-order valence-corrected chi connectivity index (χ2v) is 3.58. The average Bonchev–Trinajstić information content (AvgIpc) is 2.15. The molecular formula is C7H8N2O5S. The van der Waals surface area contributed by atoms with Crippen molar-refractivity contribution in [2.45, 2.75) is 0 Å². The van der Waals surface area contributed by atoms with E-state index >= 15 is 0 Å². The largest absolute Gasteiger partial charge is 0.480 e. The molecule has 0 amide bonds. The van der Waals surface area contributed by atoms with Crippen molar-refractivity contribution in [3.63, 3.8) is 0 Å². The summed E-state index contributed by atoms with van der Waals surface area (Å²) < 4.78 is 29.7. The minimum Gasteiger partial charge on any atom is -0.480 e. The van der Waals surface area contributed by atoms with Crippen LogP contribution in [0.1, 0.15) is 10.4 Å². The van der Waals surface area contributed by atoms with Gasteiger partial charge in [-0.3, -0.25) is 0 Å². The molecule has 0 saturated carbocycles. The van der Waals surface area contributed by atoms with E-state index in [-0.39, 0.29) is 11.4 Å². The van der Waals surface area contributed by atoms with Crippen LogP contribution >= 0.6 is 0 Å². The number of aromatic nitrogens is 1. The van der Waals surface area contributed by atoms with Gasteiger partial charge in [0, 0.05) is 6.20 Å². The predicted octanol–water partition coefficient (Wildman–Crippen LogP) is -0.550. The number of ether oxygens (including phenoxy) is 1. The molecule has 8 heteroatoms. The quantitative estimate of drug-likeness (QED) is 0.748. The molecule has 82 valence electrons. The third kappa shape index (κ3) is 3.18. The van der Waals surface area contributed by atoms with Crippen LogP contribution in [0.25, 0.3) is 0 Å². The standard InChI is InChI=1S/C7H8N2O5S/c1-13-6-5(3-2-4-9-6)7(10)14-15(8,11)12/h2-4H,1H3,(H2,8,11,12). The Morgan fingerprint density at radius 1 is 1.53 bits per heavy atom. The van der Waals surface area contributed by atoms with Crippen molar-refractivity contribution < 1.29 is 22.1 Å². The molecule has 0 atom stereocenters. The molecule has 0 bridgehead atoms. The first kappa shape index (κ1) is 11.4. The first-order valence-electron chi connectivity index (χ1n) is 3.69. The van der Waals surface area contributed by atoms with Gasteiger partial charge in [0.1, 0.15) is 5.56 Å². The Morgan fingerprint density at radius 3 is 2.73 bits per heavy atom. The van der Waals surface area contributed by atoms with E-state index in [1.807, 2.05) is 0 Å². The number of carbonyl (C=O) groups is 1. The Bertz CT molecular complexity index is 470. The van der Waals surface area contributed by atoms with Gasteiger partial charge in [-0.15, -0.1) is 0 Å². The summed E-state index contributed by atoms with van der Waals surface area (Å²) in [6, 6.07) is 2.74. The van der Waals surface area contributed by atoms with Gasteiger partial charge < -0.3 is 8.92 Å². The maximum absolute atomic E-state index is 11.2. The third-order valence-electron chi connectivity index (χ3n) is 1.38. The highest BCUT2D eigenvalue weighted by molar-refractivity contribution is 7.84. The molecule has 0 radical (unpaired) electrons. The van der Waals surface area contributed by atoms with E-state index < -0.39 is 16.3 Å². The van der Waals surface area contributed by atoms with Gasteiger partial charge in [0.05, 0.1) is 7.11 Å². The monoisotopic (exact) mass is 232 g/mol. The van der Waals surface area contributed by atoms with E-state index in [9.17, 15) is 13.2 Å². The number of rotatable bonds is 3. The molecule has 0 spiro atoms. The molecule has 1 rings (SSSR count). The van der Waals surface area contributed by atoms with Gasteiger partial charge in [-0.05, 0) is 12.1 Å². The van der Waals surface area contributed by atoms with Crippen molar-refractivity contribution in [2.24, 2.45) is 5.14 Å². The minimum absolute atomic E-state index is 0.0360. The Hall–Kier alpha value is -1.67. The number of hydrogen-bond donors (Lipinski definition) is 1. The lowest BCUT2D eigenvalue weighted by Gasteiger charge is -2.04. The number of carbonyl (C=O) groups excluding carboxylic acids is 1. The van der Waals surface area contributed by atoms with Crippen LogP contribution in [0.2, 0.25) is 0 Å². The number of nitrogens with zero attached hydrogens (tertiary/aromatic N) is 1. The average molecular weight is 232 g/mol. The first-order valence-corrected chi connectivity index (χ1v) is 5.16. The van der Waals surface area contributed by atoms with E-state index in [4.69, 9.17) is 4.74 Å². The van der Waals surface area contributed by atoms with Crippen LogP contribution in [-0.4, -0.2) is 26.5 Å². The molecule has 0 unspecified atom stereocenters. The van der Waals surface area contributed by atoms with Crippen LogP contribution in [0.4, 0.5) is 0 Å². The van der Waals surface area contributed by atoms with Crippen molar-refractivity contribution >= 4 is 16.3 Å². The van der Waals surface area contributed by atoms with Crippen LogP contribution in [0.3, 0.4) is 0 Å². The van der Waals surface area contributed by atoms with Crippen molar-refractivity contribution in [3.8, 4) is 5.88 Å². The second kappa shape index (κ2) is 4.24. The summed E-state index contributed by atoms with van der Waals surface area (Å²) in [4.78, 5) is 14.9. The smallest absolute Gasteiger partial charge is 0.382 e. The van der Waals surface area contributed by atoms with Gasteiger partial charge in [0.25, 0.3) is 0 Å². The minimum atomic E-state index is -4.33. The fraction of sp³-hybridized carbons (Fsp3) is 0.143. The van der Waals surface area contributed by atoms with E-state index in [0.29, 0.717) is 0 Å². The molecule has 1 heterocycles. The molecule has 0 saturated heterocycles. The molecule has 0 aromatic carbocycles. The summed E-state index contributed by atoms with van der Waals surface area (Å²) in [5.74, 6) is -1.17. The number of nitrogens with two attached hydrogens (primary N) is 1. The highest BCUT2D eigenvalue weighted by Crippen LogP contribution is 2.14. The maximum atomic E-state index is 11.2. The van der Waals surface area contributed by atoms with Crippen LogP contribution in [-0.2, 0) is 14.5 Å². The molecule has 1 aromatic heterocycles. The molecule has 0 aliphatic carbocycles. The summed E-state index contributed by atoms with van der Waals surface area (Å²) in [5.41, 5.74) is -0.117. The van der Waals surface area contributed by atoms with E-state index in [1.54, 1.807) is 0 Å². The molecule has 0 fully saturated rings. The van der Waals surface area contributed by atoms with Crippen LogP contribution in [0.5, 0.6) is 5.88 Å². The summed E-state index contributed by atoms with van der Waals surface area (Å²) in [6.07, 6.45) is 1.38. The van der Waals surface area contributed by atoms with Crippen molar-refractivity contribution in [1.29, 1.82) is 0 Å². The SMILES string of the molecule is COc1ncccc1C(=O)OS(N)(=O)=O. The molecule has 7 nitrogen and oxygen atoms in total. The zero-order valence-corrected chi connectivity index (χ0v) is 8.52. The molecular weight excluding hydrogens is 224 g/mol. The Kier molecular flexibility index (Phi) is 3.22. The van der Waals surface area contributed by atoms with Crippen molar-refractivity contribution in [2.75, 3.05) is 7.11 Å². The summed E-state index contributed by atoms with van der Waals surface area (Å²) in [7, 11) is -3.04. The molecule has 0 aliphatic rings. The lowest BCUT2D eigenvalue weighted by atomic mass is 10.3. The summed E-state index contributed by atoms with van der Waals surface area (Å²) in [6.45, 7) is 0. The third-order valence-corrected chi connectivity index (χ3v) is 1.76. The highest BCUT2D eigenvalue weighted by Gasteiger charge is 2.18. The molecule has 15 heavy (non-hydrogen) atoms. The van der Waals surface area contributed by atoms with E-state index in [0.717, 1.165) is 0 Å². The molecule has 0 aliphatic heterocycles. The van der Waals surface area contributed by atoms with E-state index in [2.05, 4.69) is 14.3 Å². The zero-order valence-electron chi connectivity index (χ0n) is 7.71. The van der Waals surface area contributed by atoms with Crippen LogP contribution < -0.4 is 9.88 Å². The number of pyridine rings is 1. The van der Waals surface area contributed by atoms with Crippen LogP contribution in [0, 0.1) is 0 Å². The number of hydrogen-bond acceptors (Lipinski definition) is 6. The lowest BCUT2D eigenvalue weighted by molar-refractivity contribution is 0.0742. The Balaban J connectivity index is 3.01. The Labute approximate surface area is 86.1 Å². The topological polar surface area (TPSA) is 109 Å².